The molecule has 1 fully saturated rings. The van der Waals surface area contributed by atoms with Gasteiger partial charge < -0.3 is 28.7 Å². The van der Waals surface area contributed by atoms with Crippen molar-refractivity contribution in [2.75, 3.05) is 54.1 Å². The van der Waals surface area contributed by atoms with E-state index in [-0.39, 0.29) is 12.3 Å². The molecular formula is C31H38N2O5S. The highest BCUT2D eigenvalue weighted by Crippen LogP contribution is 2.41. The molecule has 5 rings (SSSR count). The summed E-state index contributed by atoms with van der Waals surface area (Å²) in [4.78, 5) is 20.2. The van der Waals surface area contributed by atoms with Gasteiger partial charge in [0.2, 0.25) is 5.91 Å². The highest BCUT2D eigenvalue weighted by molar-refractivity contribution is 7.15. The minimum absolute atomic E-state index is 0.0167. The van der Waals surface area contributed by atoms with Crippen LogP contribution >= 0.6 is 11.3 Å². The lowest BCUT2D eigenvalue weighted by Gasteiger charge is -2.29. The SMILES string of the molecule is COc1ccc(OC)c(CC(=O)N2CCOc3c(cc(-c4ccc(C)s4)cc3OC[C@H]3CCCN(C)C3)C2)c1. The van der Waals surface area contributed by atoms with Gasteiger partial charge in [-0.05, 0) is 81.4 Å². The number of hydrogen-bond acceptors (Lipinski definition) is 7. The zero-order chi connectivity index (χ0) is 27.4. The smallest absolute Gasteiger partial charge is 0.227 e. The molecule has 0 unspecified atom stereocenters. The number of carbonyl (C=O) groups excluding carboxylic acids is 1. The van der Waals surface area contributed by atoms with Crippen LogP contribution in [0, 0.1) is 12.8 Å². The number of benzene rings is 2. The molecule has 2 aliphatic rings. The third-order valence-corrected chi connectivity index (χ3v) is 8.55. The van der Waals surface area contributed by atoms with Crippen molar-refractivity contribution >= 4 is 17.2 Å². The third-order valence-electron chi connectivity index (χ3n) is 7.50. The number of fused-ring (bicyclic) bond motifs is 1. The summed E-state index contributed by atoms with van der Waals surface area (Å²) in [5.41, 5.74) is 2.87. The lowest BCUT2D eigenvalue weighted by molar-refractivity contribution is -0.131. The lowest BCUT2D eigenvalue weighted by atomic mass is 9.99. The van der Waals surface area contributed by atoms with Crippen LogP contribution in [0.2, 0.25) is 0 Å². The first-order valence-corrected chi connectivity index (χ1v) is 14.4. The van der Waals surface area contributed by atoms with Gasteiger partial charge in [-0.1, -0.05) is 0 Å². The highest BCUT2D eigenvalue weighted by atomic mass is 32.1. The largest absolute Gasteiger partial charge is 0.497 e. The van der Waals surface area contributed by atoms with Crippen LogP contribution in [0.15, 0.2) is 42.5 Å². The zero-order valence-corrected chi connectivity index (χ0v) is 24.1. The number of piperidine rings is 1. The number of likely N-dealkylation sites (tertiary alicyclic amines) is 1. The first-order valence-electron chi connectivity index (χ1n) is 13.6. The van der Waals surface area contributed by atoms with Crippen molar-refractivity contribution in [3.8, 4) is 33.4 Å². The van der Waals surface area contributed by atoms with Crippen molar-refractivity contribution in [1.82, 2.24) is 9.80 Å². The number of rotatable bonds is 8. The molecule has 0 bridgehead atoms. The molecule has 1 atom stereocenters. The van der Waals surface area contributed by atoms with E-state index in [4.69, 9.17) is 18.9 Å². The molecule has 7 nitrogen and oxygen atoms in total. The van der Waals surface area contributed by atoms with Crippen molar-refractivity contribution in [3.63, 3.8) is 0 Å². The van der Waals surface area contributed by atoms with E-state index in [0.29, 0.717) is 43.7 Å². The van der Waals surface area contributed by atoms with E-state index in [1.807, 2.05) is 23.1 Å². The zero-order valence-electron chi connectivity index (χ0n) is 23.3. The van der Waals surface area contributed by atoms with Crippen molar-refractivity contribution in [1.29, 1.82) is 0 Å². The Morgan fingerprint density at radius 3 is 2.69 bits per heavy atom. The number of amides is 1. The van der Waals surface area contributed by atoms with Crippen LogP contribution in [-0.4, -0.2) is 69.8 Å². The lowest BCUT2D eigenvalue weighted by Crippen LogP contribution is -2.34. The van der Waals surface area contributed by atoms with Gasteiger partial charge in [0.15, 0.2) is 11.5 Å². The third kappa shape index (κ3) is 6.50. The Bertz CT molecular complexity index is 1310. The van der Waals surface area contributed by atoms with Crippen LogP contribution in [-0.2, 0) is 17.8 Å². The van der Waals surface area contributed by atoms with E-state index in [1.54, 1.807) is 25.6 Å². The van der Waals surface area contributed by atoms with Crippen molar-refractivity contribution in [2.24, 2.45) is 5.92 Å². The quantitative estimate of drug-likeness (QED) is 0.373. The number of aryl methyl sites for hydroxylation is 1. The molecule has 1 amide bonds. The Labute approximate surface area is 235 Å². The summed E-state index contributed by atoms with van der Waals surface area (Å²) in [5.74, 6) is 3.41. The predicted octanol–water partition coefficient (Wildman–Crippen LogP) is 5.43. The summed E-state index contributed by atoms with van der Waals surface area (Å²) in [7, 11) is 5.41. The van der Waals surface area contributed by atoms with Gasteiger partial charge in [0.1, 0.15) is 18.1 Å². The molecule has 39 heavy (non-hydrogen) atoms. The fourth-order valence-corrected chi connectivity index (χ4v) is 6.30. The molecule has 0 saturated carbocycles. The maximum Gasteiger partial charge on any atom is 0.227 e. The normalized spacial score (nSPS) is 17.6. The second-order valence-corrected chi connectivity index (χ2v) is 11.8. The summed E-state index contributed by atoms with van der Waals surface area (Å²) < 4.78 is 23.6. The monoisotopic (exact) mass is 550 g/mol. The second-order valence-electron chi connectivity index (χ2n) is 10.5. The maximum absolute atomic E-state index is 13.5. The van der Waals surface area contributed by atoms with Crippen LogP contribution < -0.4 is 18.9 Å². The number of ether oxygens (including phenoxy) is 4. The molecule has 0 N–H and O–H groups in total. The van der Waals surface area contributed by atoms with Gasteiger partial charge in [-0.15, -0.1) is 11.3 Å². The first kappa shape index (κ1) is 27.3. The predicted molar refractivity (Wildman–Crippen MR) is 154 cm³/mol. The summed E-state index contributed by atoms with van der Waals surface area (Å²) in [5, 5.41) is 0. The van der Waals surface area contributed by atoms with Crippen LogP contribution in [0.3, 0.4) is 0 Å². The van der Waals surface area contributed by atoms with Crippen molar-refractivity contribution in [3.05, 3.63) is 58.5 Å². The molecule has 2 aliphatic heterocycles. The Morgan fingerprint density at radius 1 is 1.08 bits per heavy atom. The molecule has 0 spiro atoms. The van der Waals surface area contributed by atoms with Gasteiger partial charge in [-0.25, -0.2) is 0 Å². The summed E-state index contributed by atoms with van der Waals surface area (Å²) in [6, 6.07) is 14.1. The molecule has 2 aromatic carbocycles. The molecule has 1 aromatic heterocycles. The van der Waals surface area contributed by atoms with E-state index < -0.39 is 0 Å². The highest BCUT2D eigenvalue weighted by Gasteiger charge is 2.26. The fourth-order valence-electron chi connectivity index (χ4n) is 5.45. The summed E-state index contributed by atoms with van der Waals surface area (Å²) >= 11 is 1.76. The first-order chi connectivity index (χ1) is 18.9. The average molecular weight is 551 g/mol. The van der Waals surface area contributed by atoms with Gasteiger partial charge in [-0.3, -0.25) is 4.79 Å². The number of nitrogens with zero attached hydrogens (tertiary/aromatic N) is 2. The van der Waals surface area contributed by atoms with Gasteiger partial charge in [0.05, 0.1) is 33.8 Å². The molecule has 3 aromatic rings. The van der Waals surface area contributed by atoms with Crippen LogP contribution in [0.5, 0.6) is 23.0 Å². The van der Waals surface area contributed by atoms with E-state index in [0.717, 1.165) is 41.3 Å². The molecule has 3 heterocycles. The Hall–Kier alpha value is -3.23. The molecule has 0 radical (unpaired) electrons. The molecule has 0 aliphatic carbocycles. The van der Waals surface area contributed by atoms with Crippen LogP contribution in [0.4, 0.5) is 0 Å². The number of hydrogen-bond donors (Lipinski definition) is 0. The second kappa shape index (κ2) is 12.3. The Balaban J connectivity index is 1.41. The topological polar surface area (TPSA) is 60.5 Å². The van der Waals surface area contributed by atoms with Crippen molar-refractivity contribution < 1.29 is 23.7 Å². The van der Waals surface area contributed by atoms with E-state index in [9.17, 15) is 4.79 Å². The Morgan fingerprint density at radius 2 is 1.95 bits per heavy atom. The minimum Gasteiger partial charge on any atom is -0.497 e. The maximum atomic E-state index is 13.5. The molecule has 8 heteroatoms. The van der Waals surface area contributed by atoms with Gasteiger partial charge >= 0.3 is 0 Å². The Kier molecular flexibility index (Phi) is 8.63. The average Bonchev–Trinajstić information content (AvgIpc) is 3.25. The fraction of sp³-hybridized carbons (Fsp3) is 0.452. The van der Waals surface area contributed by atoms with Crippen LogP contribution in [0.1, 0.15) is 28.8 Å². The number of carbonyl (C=O) groups is 1. The summed E-state index contributed by atoms with van der Waals surface area (Å²) in [6.07, 6.45) is 2.59. The molecule has 208 valence electrons. The van der Waals surface area contributed by atoms with E-state index >= 15 is 0 Å². The van der Waals surface area contributed by atoms with Crippen LogP contribution in [0.25, 0.3) is 10.4 Å². The van der Waals surface area contributed by atoms with E-state index in [2.05, 4.69) is 43.1 Å². The van der Waals surface area contributed by atoms with Gasteiger partial charge in [0.25, 0.3) is 0 Å². The minimum atomic E-state index is 0.0167. The molecule has 1 saturated heterocycles. The summed E-state index contributed by atoms with van der Waals surface area (Å²) in [6.45, 7) is 6.34. The van der Waals surface area contributed by atoms with E-state index in [1.165, 1.54) is 22.6 Å². The van der Waals surface area contributed by atoms with Gasteiger partial charge in [0, 0.05) is 39.9 Å². The standard InChI is InChI=1S/C31H38N2O5S/c1-21-7-10-29(39-21)24-14-25-19-33(30(34)17-23-15-26(35-3)8-9-27(23)36-4)12-13-37-31(25)28(16-24)38-20-22-6-5-11-32(2)18-22/h7-10,14-16,22H,5-6,11-13,17-20H2,1-4H3/t22-/m0/s1. The number of thiophene rings is 1. The number of methoxy groups -OCH3 is 2. The van der Waals surface area contributed by atoms with Crippen molar-refractivity contribution in [2.45, 2.75) is 32.7 Å². The molecular weight excluding hydrogens is 512 g/mol. The van der Waals surface area contributed by atoms with Gasteiger partial charge in [-0.2, -0.15) is 0 Å².